The van der Waals surface area contributed by atoms with Gasteiger partial charge in [0.15, 0.2) is 5.41 Å². The third-order valence-corrected chi connectivity index (χ3v) is 4.93. The van der Waals surface area contributed by atoms with E-state index in [2.05, 4.69) is 0 Å². The van der Waals surface area contributed by atoms with Gasteiger partial charge in [0.1, 0.15) is 11.6 Å². The number of β-lactam (4-membered cyclic amide) rings is 1. The number of methoxy groups -OCH3 is 1. The minimum absolute atomic E-state index is 0.169. The van der Waals surface area contributed by atoms with Gasteiger partial charge in [-0.05, 0) is 29.8 Å². The molecule has 0 aromatic heterocycles. The van der Waals surface area contributed by atoms with Crippen molar-refractivity contribution in [2.75, 3.05) is 14.2 Å². The van der Waals surface area contributed by atoms with Crippen LogP contribution < -0.4 is 0 Å². The first-order valence-electron chi connectivity index (χ1n) is 8.06. The van der Waals surface area contributed by atoms with Crippen molar-refractivity contribution in [3.05, 3.63) is 76.3 Å². The van der Waals surface area contributed by atoms with E-state index in [1.165, 1.54) is 67.6 Å². The normalized spacial score (nSPS) is 22.0. The fourth-order valence-electron chi connectivity index (χ4n) is 3.35. The number of halogens is 3. The predicted molar refractivity (Wildman–Crippen MR) is 96.8 cm³/mol. The van der Waals surface area contributed by atoms with Gasteiger partial charge in [0.25, 0.3) is 0 Å². The summed E-state index contributed by atoms with van der Waals surface area (Å²) in [5.41, 5.74) is -0.930. The number of amides is 1. The molecule has 1 amide bonds. The number of esters is 1. The largest absolute Gasteiger partial charge is 0.468 e. The molecule has 2 atom stereocenters. The number of likely N-dealkylation sites (tertiary alicyclic amines) is 1. The van der Waals surface area contributed by atoms with Crippen LogP contribution in [0.5, 0.6) is 0 Å². The number of nitrogens with zero attached hydrogens (tertiary/aromatic N) is 1. The van der Waals surface area contributed by atoms with E-state index in [4.69, 9.17) is 16.3 Å². The summed E-state index contributed by atoms with van der Waals surface area (Å²) in [6.07, 6.45) is 2.69. The average molecular weight is 392 g/mol. The molecule has 27 heavy (non-hydrogen) atoms. The zero-order valence-corrected chi connectivity index (χ0v) is 15.3. The van der Waals surface area contributed by atoms with Crippen LogP contribution in [-0.4, -0.2) is 30.9 Å². The number of rotatable bonds is 4. The molecule has 3 rings (SSSR count). The van der Waals surface area contributed by atoms with Crippen LogP contribution >= 0.6 is 11.6 Å². The first-order chi connectivity index (χ1) is 12.8. The van der Waals surface area contributed by atoms with Gasteiger partial charge in [0.2, 0.25) is 5.91 Å². The Hall–Kier alpha value is -2.73. The number of carbonyl (C=O) groups excluding carboxylic acids is 2. The summed E-state index contributed by atoms with van der Waals surface area (Å²) < 4.78 is 32.2. The summed E-state index contributed by atoms with van der Waals surface area (Å²) in [5.74, 6) is -2.29. The Morgan fingerprint density at radius 2 is 1.89 bits per heavy atom. The van der Waals surface area contributed by atoms with E-state index in [-0.39, 0.29) is 10.6 Å². The molecule has 0 bridgehead atoms. The van der Waals surface area contributed by atoms with Crippen molar-refractivity contribution in [3.63, 3.8) is 0 Å². The molecule has 1 saturated heterocycles. The summed E-state index contributed by atoms with van der Waals surface area (Å²) in [6.45, 7) is 0. The maximum absolute atomic E-state index is 14.1. The van der Waals surface area contributed by atoms with Crippen LogP contribution in [0.15, 0.2) is 48.5 Å². The Kier molecular flexibility index (Phi) is 5.02. The van der Waals surface area contributed by atoms with E-state index >= 15 is 0 Å². The molecule has 1 aliphatic rings. The van der Waals surface area contributed by atoms with Gasteiger partial charge in [-0.1, -0.05) is 42.0 Å². The minimum Gasteiger partial charge on any atom is -0.468 e. The van der Waals surface area contributed by atoms with Crippen LogP contribution in [0.4, 0.5) is 8.78 Å². The molecule has 2 aromatic rings. The van der Waals surface area contributed by atoms with Crippen molar-refractivity contribution in [2.24, 2.45) is 5.41 Å². The van der Waals surface area contributed by atoms with Crippen LogP contribution in [0.1, 0.15) is 17.2 Å². The average Bonchev–Trinajstić information content (AvgIpc) is 2.66. The molecule has 0 N–H and O–H groups in total. The molecular weight excluding hydrogens is 376 g/mol. The predicted octanol–water partition coefficient (Wildman–Crippen LogP) is 4.00. The smallest absolute Gasteiger partial charge is 0.327 e. The summed E-state index contributed by atoms with van der Waals surface area (Å²) in [6, 6.07) is 8.87. The maximum atomic E-state index is 14.1. The monoisotopic (exact) mass is 391 g/mol. The highest BCUT2D eigenvalue weighted by atomic mass is 35.5. The quantitative estimate of drug-likeness (QED) is 0.449. The molecule has 0 unspecified atom stereocenters. The lowest BCUT2D eigenvalue weighted by atomic mass is 9.67. The first-order valence-corrected chi connectivity index (χ1v) is 8.44. The van der Waals surface area contributed by atoms with Gasteiger partial charge in [-0.3, -0.25) is 9.59 Å². The standard InChI is InChI=1S/C20H16ClF2NO3/c1-24-17(13-4-7-15(22)8-5-13)20(18(24)25,19(26)27-2)10-9-12-3-6-14(21)11-16(12)23/h3-11,17H,1-2H3/b10-9+/t17-,20+/m1/s1. The molecule has 7 heteroatoms. The number of carbonyl (C=O) groups is 2. The fraction of sp³-hybridized carbons (Fsp3) is 0.200. The Morgan fingerprint density at radius 3 is 2.48 bits per heavy atom. The summed E-state index contributed by atoms with van der Waals surface area (Å²) in [7, 11) is 2.71. The Balaban J connectivity index is 2.08. The third-order valence-electron chi connectivity index (χ3n) is 4.69. The lowest BCUT2D eigenvalue weighted by Crippen LogP contribution is -2.64. The van der Waals surface area contributed by atoms with Crippen molar-refractivity contribution in [1.82, 2.24) is 4.90 Å². The Morgan fingerprint density at radius 1 is 1.22 bits per heavy atom. The third kappa shape index (κ3) is 3.10. The number of ether oxygens (including phenoxy) is 1. The highest BCUT2D eigenvalue weighted by molar-refractivity contribution is 6.30. The first kappa shape index (κ1) is 19.0. The van der Waals surface area contributed by atoms with Gasteiger partial charge < -0.3 is 9.64 Å². The second-order valence-electron chi connectivity index (χ2n) is 6.23. The fourth-order valence-corrected chi connectivity index (χ4v) is 3.51. The van der Waals surface area contributed by atoms with Gasteiger partial charge >= 0.3 is 5.97 Å². The van der Waals surface area contributed by atoms with E-state index in [0.29, 0.717) is 5.56 Å². The van der Waals surface area contributed by atoms with E-state index in [1.807, 2.05) is 0 Å². The van der Waals surface area contributed by atoms with E-state index in [1.54, 1.807) is 0 Å². The topological polar surface area (TPSA) is 46.6 Å². The van der Waals surface area contributed by atoms with Gasteiger partial charge in [-0.15, -0.1) is 0 Å². The van der Waals surface area contributed by atoms with Crippen LogP contribution in [0.25, 0.3) is 6.08 Å². The number of hydrogen-bond donors (Lipinski definition) is 0. The Bertz CT molecular complexity index is 919. The molecule has 0 saturated carbocycles. The van der Waals surface area contributed by atoms with E-state index in [9.17, 15) is 18.4 Å². The van der Waals surface area contributed by atoms with Crippen LogP contribution in [0, 0.1) is 17.0 Å². The highest BCUT2D eigenvalue weighted by Crippen LogP contribution is 2.51. The zero-order valence-electron chi connectivity index (χ0n) is 14.6. The molecule has 1 aliphatic heterocycles. The maximum Gasteiger partial charge on any atom is 0.327 e. The van der Waals surface area contributed by atoms with Crippen molar-refractivity contribution in [2.45, 2.75) is 6.04 Å². The van der Waals surface area contributed by atoms with Gasteiger partial charge in [-0.25, -0.2) is 8.78 Å². The van der Waals surface area contributed by atoms with E-state index in [0.717, 1.165) is 6.07 Å². The lowest BCUT2D eigenvalue weighted by Gasteiger charge is -2.51. The lowest BCUT2D eigenvalue weighted by molar-refractivity contribution is -0.180. The molecule has 0 aliphatic carbocycles. The van der Waals surface area contributed by atoms with Crippen LogP contribution in [0.2, 0.25) is 5.02 Å². The molecule has 4 nitrogen and oxygen atoms in total. The summed E-state index contributed by atoms with van der Waals surface area (Å²) >= 11 is 5.75. The van der Waals surface area contributed by atoms with Crippen molar-refractivity contribution in [1.29, 1.82) is 0 Å². The number of benzene rings is 2. The molecule has 1 heterocycles. The zero-order chi connectivity index (χ0) is 19.8. The molecule has 0 radical (unpaired) electrons. The van der Waals surface area contributed by atoms with Crippen molar-refractivity contribution in [3.8, 4) is 0 Å². The SMILES string of the molecule is COC(=O)[C@]1(/C=C/c2ccc(Cl)cc2F)C(=O)N(C)[C@@H]1c1ccc(F)cc1. The highest BCUT2D eigenvalue weighted by Gasteiger charge is 2.64. The summed E-state index contributed by atoms with van der Waals surface area (Å²) in [4.78, 5) is 26.6. The van der Waals surface area contributed by atoms with Crippen molar-refractivity contribution < 1.29 is 23.1 Å². The Labute approximate surface area is 160 Å². The molecule has 2 aromatic carbocycles. The van der Waals surface area contributed by atoms with Crippen molar-refractivity contribution >= 4 is 29.6 Å². The summed E-state index contributed by atoms with van der Waals surface area (Å²) in [5, 5.41) is 0.232. The molecule has 140 valence electrons. The van der Waals surface area contributed by atoms with Gasteiger partial charge in [0, 0.05) is 17.6 Å². The van der Waals surface area contributed by atoms with Crippen LogP contribution in [-0.2, 0) is 14.3 Å². The van der Waals surface area contributed by atoms with Gasteiger partial charge in [-0.2, -0.15) is 0 Å². The molecule has 0 spiro atoms. The second-order valence-corrected chi connectivity index (χ2v) is 6.67. The van der Waals surface area contributed by atoms with Crippen LogP contribution in [0.3, 0.4) is 0 Å². The minimum atomic E-state index is -1.66. The van der Waals surface area contributed by atoms with Gasteiger partial charge in [0.05, 0.1) is 13.2 Å². The molecular formula is C20H16ClF2NO3. The second kappa shape index (κ2) is 7.12. The molecule has 1 fully saturated rings. The van der Waals surface area contributed by atoms with E-state index < -0.39 is 35.0 Å². The number of hydrogen-bond acceptors (Lipinski definition) is 3.